The molecule has 0 unspecified atom stereocenters. The molecule has 4 rings (SSSR count). The fraction of sp³-hybridized carbons (Fsp3) is 0.174. The molecule has 1 aromatic heterocycles. The van der Waals surface area contributed by atoms with Gasteiger partial charge in [0.05, 0.1) is 16.8 Å². The average Bonchev–Trinajstić information content (AvgIpc) is 2.95. The third-order valence-electron chi connectivity index (χ3n) is 5.14. The molecule has 2 aromatic carbocycles. The topological polar surface area (TPSA) is 94.2 Å². The number of hydrogen-bond donors (Lipinski definition) is 2. The Kier molecular flexibility index (Phi) is 4.15. The average molecular weight is 387 g/mol. The molecule has 3 N–H and O–H groups in total. The molecule has 0 aliphatic carbocycles. The smallest absolute Gasteiger partial charge is 0.262 e. The Balaban J connectivity index is 2.05. The van der Waals surface area contributed by atoms with Gasteiger partial charge in [0.1, 0.15) is 5.82 Å². The minimum Gasteiger partial charge on any atom is -0.384 e. The van der Waals surface area contributed by atoms with Crippen LogP contribution in [0.1, 0.15) is 47.1 Å². The number of nitrogens with zero attached hydrogens (tertiary/aromatic N) is 1. The van der Waals surface area contributed by atoms with E-state index >= 15 is 0 Å². The minimum absolute atomic E-state index is 0.0151. The van der Waals surface area contributed by atoms with Crippen molar-refractivity contribution in [2.45, 2.75) is 26.2 Å². The van der Waals surface area contributed by atoms with E-state index in [2.05, 4.69) is 26.1 Å². The normalized spacial score (nSPS) is 13.3. The summed E-state index contributed by atoms with van der Waals surface area (Å²) in [6.07, 6.45) is 0. The number of anilines is 1. The highest BCUT2D eigenvalue weighted by molar-refractivity contribution is 6.23. The minimum atomic E-state index is -0.604. The second kappa shape index (κ2) is 6.44. The first-order valence-corrected chi connectivity index (χ1v) is 9.30. The van der Waals surface area contributed by atoms with E-state index in [1.807, 2.05) is 48.5 Å². The van der Waals surface area contributed by atoms with Crippen LogP contribution in [0.4, 0.5) is 5.82 Å². The summed E-state index contributed by atoms with van der Waals surface area (Å²) < 4.78 is 1.30. The standard InChI is InChI=1S/C23H21N3O3/c1-23(2,3)14-9-10-17(15(11-14)13-7-5-4-6-8-13)26-18(27)12-16-19(20(26)24)22(29)25-21(16)28/h4-12H,24H2,1-3H3,(H,25,28,29). The van der Waals surface area contributed by atoms with E-state index in [1.54, 1.807) is 0 Å². The zero-order chi connectivity index (χ0) is 20.9. The fourth-order valence-electron chi connectivity index (χ4n) is 3.57. The second-order valence-electron chi connectivity index (χ2n) is 8.12. The van der Waals surface area contributed by atoms with Crippen LogP contribution >= 0.6 is 0 Å². The highest BCUT2D eigenvalue weighted by atomic mass is 16.2. The van der Waals surface area contributed by atoms with Crippen LogP contribution < -0.4 is 16.6 Å². The largest absolute Gasteiger partial charge is 0.384 e. The molecule has 1 aliphatic heterocycles. The first-order chi connectivity index (χ1) is 13.7. The van der Waals surface area contributed by atoms with E-state index in [0.29, 0.717) is 5.69 Å². The number of nitrogens with one attached hydrogen (secondary N) is 1. The highest BCUT2D eigenvalue weighted by Crippen LogP contribution is 2.34. The van der Waals surface area contributed by atoms with Crippen molar-refractivity contribution in [1.82, 2.24) is 9.88 Å². The van der Waals surface area contributed by atoms with Crippen molar-refractivity contribution in [2.75, 3.05) is 5.73 Å². The summed E-state index contributed by atoms with van der Waals surface area (Å²) >= 11 is 0. The summed E-state index contributed by atoms with van der Waals surface area (Å²) in [7, 11) is 0. The predicted molar refractivity (Wildman–Crippen MR) is 112 cm³/mol. The van der Waals surface area contributed by atoms with E-state index in [9.17, 15) is 14.4 Å². The fourth-order valence-corrected chi connectivity index (χ4v) is 3.57. The van der Waals surface area contributed by atoms with E-state index < -0.39 is 17.4 Å². The van der Waals surface area contributed by atoms with E-state index in [-0.39, 0.29) is 22.4 Å². The second-order valence-corrected chi connectivity index (χ2v) is 8.12. The molecule has 0 atom stereocenters. The number of fused-ring (bicyclic) bond motifs is 1. The summed E-state index contributed by atoms with van der Waals surface area (Å²) in [6, 6.07) is 16.7. The molecule has 0 saturated carbocycles. The summed E-state index contributed by atoms with van der Waals surface area (Å²) in [6.45, 7) is 6.34. The van der Waals surface area contributed by atoms with Crippen molar-refractivity contribution in [2.24, 2.45) is 0 Å². The van der Waals surface area contributed by atoms with Gasteiger partial charge in [0, 0.05) is 11.6 Å². The summed E-state index contributed by atoms with van der Waals surface area (Å²) in [4.78, 5) is 37.1. The van der Waals surface area contributed by atoms with Crippen molar-refractivity contribution >= 4 is 17.6 Å². The lowest BCUT2D eigenvalue weighted by Crippen LogP contribution is -2.25. The summed E-state index contributed by atoms with van der Waals surface area (Å²) in [5.74, 6) is -1.24. The molecule has 3 aromatic rings. The Morgan fingerprint density at radius 1 is 0.862 bits per heavy atom. The molecule has 0 spiro atoms. The van der Waals surface area contributed by atoms with Crippen molar-refractivity contribution in [3.8, 4) is 16.8 Å². The van der Waals surface area contributed by atoms with Crippen molar-refractivity contribution in [3.63, 3.8) is 0 Å². The third-order valence-corrected chi connectivity index (χ3v) is 5.14. The van der Waals surface area contributed by atoms with Gasteiger partial charge in [-0.05, 0) is 28.7 Å². The number of carbonyl (C=O) groups is 2. The zero-order valence-electron chi connectivity index (χ0n) is 16.4. The molecule has 6 nitrogen and oxygen atoms in total. The maximum Gasteiger partial charge on any atom is 0.262 e. The number of hydrogen-bond acceptors (Lipinski definition) is 4. The lowest BCUT2D eigenvalue weighted by Gasteiger charge is -2.23. The monoisotopic (exact) mass is 387 g/mol. The van der Waals surface area contributed by atoms with Crippen LogP contribution in [0, 0.1) is 0 Å². The molecular weight excluding hydrogens is 366 g/mol. The van der Waals surface area contributed by atoms with Crippen molar-refractivity contribution < 1.29 is 9.59 Å². The lowest BCUT2D eigenvalue weighted by atomic mass is 9.85. The molecular formula is C23H21N3O3. The number of rotatable bonds is 2. The van der Waals surface area contributed by atoms with Crippen LogP contribution in [-0.4, -0.2) is 16.4 Å². The molecule has 6 heteroatoms. The number of imide groups is 1. The lowest BCUT2D eigenvalue weighted by molar-refractivity contribution is 0.0880. The third kappa shape index (κ3) is 3.02. The van der Waals surface area contributed by atoms with E-state index in [4.69, 9.17) is 5.73 Å². The number of carbonyl (C=O) groups excluding carboxylic acids is 2. The highest BCUT2D eigenvalue weighted by Gasteiger charge is 2.32. The van der Waals surface area contributed by atoms with Crippen LogP contribution in [-0.2, 0) is 5.41 Å². The Bertz CT molecular complexity index is 1220. The van der Waals surface area contributed by atoms with Gasteiger partial charge in [-0.1, -0.05) is 57.2 Å². The molecule has 0 saturated heterocycles. The van der Waals surface area contributed by atoms with Crippen LogP contribution in [0.15, 0.2) is 59.4 Å². The quantitative estimate of drug-likeness (QED) is 0.660. The van der Waals surface area contributed by atoms with Gasteiger partial charge in [-0.15, -0.1) is 0 Å². The number of nitrogens with two attached hydrogens (primary N) is 1. The molecule has 29 heavy (non-hydrogen) atoms. The molecule has 2 heterocycles. The number of benzene rings is 2. The molecule has 1 aliphatic rings. The molecule has 0 fully saturated rings. The van der Waals surface area contributed by atoms with Gasteiger partial charge in [0.2, 0.25) is 0 Å². The first kappa shape index (κ1) is 18.7. The molecule has 0 bridgehead atoms. The SMILES string of the molecule is CC(C)(C)c1ccc(-n2c(N)c3c(cc2=O)C(=O)NC3=O)c(-c2ccccc2)c1. The van der Waals surface area contributed by atoms with Gasteiger partial charge in [-0.25, -0.2) is 0 Å². The van der Waals surface area contributed by atoms with Crippen molar-refractivity contribution in [3.05, 3.63) is 81.6 Å². The molecule has 2 amide bonds. The van der Waals surface area contributed by atoms with Crippen LogP contribution in [0.2, 0.25) is 0 Å². The Morgan fingerprint density at radius 3 is 2.21 bits per heavy atom. The van der Waals surface area contributed by atoms with Gasteiger partial charge >= 0.3 is 0 Å². The van der Waals surface area contributed by atoms with Gasteiger partial charge in [-0.2, -0.15) is 0 Å². The van der Waals surface area contributed by atoms with Gasteiger partial charge < -0.3 is 5.73 Å². The van der Waals surface area contributed by atoms with Crippen LogP contribution in [0.25, 0.3) is 16.8 Å². The van der Waals surface area contributed by atoms with Gasteiger partial charge in [-0.3, -0.25) is 24.3 Å². The Morgan fingerprint density at radius 2 is 1.55 bits per heavy atom. The van der Waals surface area contributed by atoms with E-state index in [1.165, 1.54) is 10.6 Å². The summed E-state index contributed by atoms with van der Waals surface area (Å²) in [5, 5.41) is 2.19. The molecule has 0 radical (unpaired) electrons. The number of nitrogen functional groups attached to an aromatic ring is 1. The Labute approximate surface area is 168 Å². The van der Waals surface area contributed by atoms with Crippen molar-refractivity contribution in [1.29, 1.82) is 0 Å². The zero-order valence-corrected chi connectivity index (χ0v) is 16.4. The van der Waals surface area contributed by atoms with Gasteiger partial charge in [0.15, 0.2) is 0 Å². The summed E-state index contributed by atoms with van der Waals surface area (Å²) in [5.41, 5.74) is 9.12. The maximum absolute atomic E-state index is 12.9. The number of pyridine rings is 1. The molecule has 146 valence electrons. The van der Waals surface area contributed by atoms with Crippen LogP contribution in [0.3, 0.4) is 0 Å². The Hall–Kier alpha value is -3.67. The number of amides is 2. The van der Waals surface area contributed by atoms with Crippen LogP contribution in [0.5, 0.6) is 0 Å². The van der Waals surface area contributed by atoms with E-state index in [0.717, 1.165) is 16.7 Å². The first-order valence-electron chi connectivity index (χ1n) is 9.30. The maximum atomic E-state index is 12.9. The number of aromatic nitrogens is 1. The van der Waals surface area contributed by atoms with Gasteiger partial charge in [0.25, 0.3) is 17.4 Å². The predicted octanol–water partition coefficient (Wildman–Crippen LogP) is 3.27.